The molecule has 38 heavy (non-hydrogen) atoms. The fourth-order valence-electron chi connectivity index (χ4n) is 4.18. The van der Waals surface area contributed by atoms with Gasteiger partial charge in [-0.1, -0.05) is 139 Å². The Morgan fingerprint density at radius 3 is 1.00 bits per heavy atom. The molecule has 0 fully saturated rings. The Kier molecular flexibility index (Phi) is 2.07. The van der Waals surface area contributed by atoms with Crippen molar-refractivity contribution in [3.8, 4) is 44.5 Å². The van der Waals surface area contributed by atoms with Gasteiger partial charge in [-0.15, -0.1) is 0 Å². The van der Waals surface area contributed by atoms with E-state index in [-0.39, 0.29) is 0 Å². The van der Waals surface area contributed by atoms with E-state index in [9.17, 15) is 8.22 Å². The Bertz CT molecular complexity index is 3020. The molecule has 0 aliphatic heterocycles. The quantitative estimate of drug-likeness (QED) is 0.208. The number of hydrogen-bond acceptors (Lipinski definition) is 0. The molecule has 0 N–H and O–H groups in total. The molecule has 0 heteroatoms. The topological polar surface area (TPSA) is 0 Å². The van der Waals surface area contributed by atoms with Crippen LogP contribution in [-0.2, 0) is 0 Å². The molecular formula is C38H26. The van der Waals surface area contributed by atoms with Crippen molar-refractivity contribution in [2.45, 2.75) is 0 Å². The van der Waals surface area contributed by atoms with Crippen LogP contribution in [0.1, 0.15) is 34.3 Å². The lowest BCUT2D eigenvalue weighted by atomic mass is 9.84. The van der Waals surface area contributed by atoms with Gasteiger partial charge in [0.1, 0.15) is 0 Å². The molecule has 0 aromatic heterocycles. The molecule has 0 unspecified atom stereocenters. The summed E-state index contributed by atoms with van der Waals surface area (Å²) in [6.45, 7) is 0. The molecular weight excluding hydrogens is 456 g/mol. The summed E-state index contributed by atoms with van der Waals surface area (Å²) in [4.78, 5) is 0. The third-order valence-electron chi connectivity index (χ3n) is 5.72. The zero-order chi connectivity index (χ0) is 47.1. The van der Waals surface area contributed by atoms with Gasteiger partial charge < -0.3 is 0 Å². The molecule has 0 aliphatic rings. The first-order valence-corrected chi connectivity index (χ1v) is 11.1. The van der Waals surface area contributed by atoms with Crippen LogP contribution >= 0.6 is 0 Å². The smallest absolute Gasteiger partial charge is 0.0622 e. The SMILES string of the molecule is [2H]c1c([2H])c([2H])c(-c2cc(-c3c([2H])c([2H])c([2H])c([2H])c3[2H])c([2H])c(-c3c4c([2H])c([2H])c([2H])c([2H])c4c(-c4c([2H])c([2H])c([2H])c([2H])c4[2H])c4c([2H])c([2H])c([2H])c([2H])c34)c2[2H])c([2H])c1[2H]. The summed E-state index contributed by atoms with van der Waals surface area (Å²) in [5, 5.41) is -2.87. The summed E-state index contributed by atoms with van der Waals surface area (Å²) in [5.74, 6) is 0. The minimum Gasteiger partial charge on any atom is -0.0622 e. The van der Waals surface area contributed by atoms with E-state index in [1.54, 1.807) is 0 Å². The predicted molar refractivity (Wildman–Crippen MR) is 163 cm³/mol. The highest BCUT2D eigenvalue weighted by atomic mass is 14.2. The monoisotopic (exact) mass is 507 g/mol. The lowest BCUT2D eigenvalue weighted by Gasteiger charge is -2.19. The van der Waals surface area contributed by atoms with Crippen LogP contribution in [0.4, 0.5) is 0 Å². The fraction of sp³-hybridized carbons (Fsp3) is 0. The van der Waals surface area contributed by atoms with Crippen LogP contribution in [-0.4, -0.2) is 0 Å². The van der Waals surface area contributed by atoms with Crippen molar-refractivity contribution < 1.29 is 34.3 Å². The van der Waals surface area contributed by atoms with Crippen molar-refractivity contribution in [3.63, 3.8) is 0 Å². The molecule has 7 aromatic rings. The van der Waals surface area contributed by atoms with Gasteiger partial charge in [0.15, 0.2) is 0 Å². The summed E-state index contributed by atoms with van der Waals surface area (Å²) in [6.07, 6.45) is 0. The maximum Gasteiger partial charge on any atom is 0.0636 e. The molecule has 0 heterocycles. The van der Waals surface area contributed by atoms with E-state index in [1.165, 1.54) is 0 Å². The summed E-state index contributed by atoms with van der Waals surface area (Å²) in [6, 6.07) is -22.3. The Morgan fingerprint density at radius 1 is 0.289 bits per heavy atom. The van der Waals surface area contributed by atoms with Gasteiger partial charge >= 0.3 is 0 Å². The van der Waals surface area contributed by atoms with Crippen LogP contribution in [0, 0.1) is 0 Å². The second-order valence-corrected chi connectivity index (χ2v) is 7.85. The average molecular weight is 508 g/mol. The zero-order valence-corrected chi connectivity index (χ0v) is 19.1. The Morgan fingerprint density at radius 2 is 0.605 bits per heavy atom. The third-order valence-corrected chi connectivity index (χ3v) is 5.72. The molecule has 7 aromatic carbocycles. The Balaban J connectivity index is 1.93. The summed E-state index contributed by atoms with van der Waals surface area (Å²) < 4.78 is 220. The zero-order valence-electron chi connectivity index (χ0n) is 44.1. The Hall–Kier alpha value is -4.94. The van der Waals surface area contributed by atoms with Gasteiger partial charge in [-0.3, -0.25) is 0 Å². The van der Waals surface area contributed by atoms with Gasteiger partial charge in [0.05, 0.1) is 34.3 Å². The maximum absolute atomic E-state index is 9.72. The number of rotatable bonds is 4. The Labute approximate surface area is 258 Å². The van der Waals surface area contributed by atoms with Gasteiger partial charge in [0.2, 0.25) is 0 Å². The van der Waals surface area contributed by atoms with Crippen LogP contribution in [0.5, 0.6) is 0 Å². The molecule has 0 atom stereocenters. The lowest BCUT2D eigenvalue weighted by Crippen LogP contribution is -1.92. The van der Waals surface area contributed by atoms with Gasteiger partial charge in [-0.25, -0.2) is 0 Å². The summed E-state index contributed by atoms with van der Waals surface area (Å²) in [7, 11) is 0. The molecule has 0 saturated carbocycles. The highest BCUT2D eigenvalue weighted by Gasteiger charge is 2.17. The molecule has 0 radical (unpaired) electrons. The van der Waals surface area contributed by atoms with E-state index in [0.717, 1.165) is 6.07 Å². The van der Waals surface area contributed by atoms with Crippen molar-refractivity contribution in [2.75, 3.05) is 0 Å². The van der Waals surface area contributed by atoms with E-state index in [1.807, 2.05) is 0 Å². The van der Waals surface area contributed by atoms with Gasteiger partial charge in [-0.2, -0.15) is 0 Å². The number of fused-ring (bicyclic) bond motifs is 2. The second-order valence-electron chi connectivity index (χ2n) is 7.85. The molecule has 0 aliphatic carbocycles. The van der Waals surface area contributed by atoms with Crippen molar-refractivity contribution >= 4 is 21.5 Å². The van der Waals surface area contributed by atoms with Crippen LogP contribution in [0.15, 0.2) is 157 Å². The maximum atomic E-state index is 9.72. The standard InChI is InChI=1S/C38H26/c1-4-14-27(15-5-1)30-24-31(28-16-6-2-7-17-28)26-32(25-30)38-35-22-12-10-20-33(35)37(29-18-8-3-9-19-29)34-21-11-13-23-36(34)38/h1-26H/i1D,2D,3D,4D,5D,6D,7D,8D,9D,10D,11D,12D,13D,14D,15D,16D,17D,18D,19D,20D,21D,22D,23D,25D,26D. The second kappa shape index (κ2) is 9.50. The third kappa shape index (κ3) is 3.88. The molecule has 0 spiro atoms. The van der Waals surface area contributed by atoms with E-state index in [4.69, 9.17) is 26.0 Å². The molecule has 0 nitrogen and oxygen atoms in total. The van der Waals surface area contributed by atoms with E-state index in [2.05, 4.69) is 0 Å². The van der Waals surface area contributed by atoms with Gasteiger partial charge in [0.25, 0.3) is 0 Å². The van der Waals surface area contributed by atoms with Crippen LogP contribution in [0.3, 0.4) is 0 Å². The van der Waals surface area contributed by atoms with Crippen molar-refractivity contribution in [2.24, 2.45) is 0 Å². The largest absolute Gasteiger partial charge is 0.0636 e. The predicted octanol–water partition coefficient (Wildman–Crippen LogP) is 10.7. The molecule has 178 valence electrons. The molecule has 0 amide bonds. The van der Waals surface area contributed by atoms with Crippen LogP contribution in [0.25, 0.3) is 66.1 Å². The lowest BCUT2D eigenvalue weighted by molar-refractivity contribution is 1.58. The fourth-order valence-corrected chi connectivity index (χ4v) is 4.18. The van der Waals surface area contributed by atoms with Gasteiger partial charge in [0, 0.05) is 0 Å². The number of benzene rings is 7. The number of hydrogen-bond donors (Lipinski definition) is 0. The first-order chi connectivity index (χ1) is 29.3. The minimum atomic E-state index is -0.986. The minimum absolute atomic E-state index is 0.641. The average Bonchev–Trinajstić information content (AvgIpc) is 3.25. The van der Waals surface area contributed by atoms with E-state index < -0.39 is 217 Å². The molecule has 0 bridgehead atoms. The van der Waals surface area contributed by atoms with E-state index in [0.29, 0.717) is 0 Å². The summed E-state index contributed by atoms with van der Waals surface area (Å²) >= 11 is 0. The van der Waals surface area contributed by atoms with E-state index >= 15 is 0 Å². The van der Waals surface area contributed by atoms with Crippen LogP contribution in [0.2, 0.25) is 0 Å². The van der Waals surface area contributed by atoms with Gasteiger partial charge in [-0.05, 0) is 84.2 Å². The van der Waals surface area contributed by atoms with Crippen molar-refractivity contribution in [3.05, 3.63) is 157 Å². The molecule has 7 rings (SSSR count). The first kappa shape index (κ1) is 8.28. The first-order valence-electron chi connectivity index (χ1n) is 23.6. The normalized spacial score (nSPS) is 20.4. The highest BCUT2D eigenvalue weighted by Crippen LogP contribution is 2.45. The molecule has 0 saturated heterocycles. The van der Waals surface area contributed by atoms with Crippen molar-refractivity contribution in [1.82, 2.24) is 0 Å². The van der Waals surface area contributed by atoms with Crippen molar-refractivity contribution in [1.29, 1.82) is 0 Å². The summed E-state index contributed by atoms with van der Waals surface area (Å²) in [5.41, 5.74) is -5.68. The highest BCUT2D eigenvalue weighted by molar-refractivity contribution is 6.21. The van der Waals surface area contributed by atoms with Crippen LogP contribution < -0.4 is 0 Å².